The second-order valence-electron chi connectivity index (χ2n) is 38.0. The van der Waals surface area contributed by atoms with Crippen molar-refractivity contribution in [2.75, 3.05) is 46.2 Å². The molecule has 3 amide bonds. The summed E-state index contributed by atoms with van der Waals surface area (Å²) in [4.78, 5) is 40.9. The Balaban J connectivity index is 0.972. The average Bonchev–Trinajstić information content (AvgIpc) is 0.755. The zero-order valence-corrected chi connectivity index (χ0v) is 80.7. The number of carbonyl (C=O) groups excluding carboxylic acids is 3. The molecule has 0 aromatic heterocycles. The first-order valence-corrected chi connectivity index (χ1v) is 50.4. The summed E-state index contributed by atoms with van der Waals surface area (Å²) in [6.45, 7) is 1.80. The van der Waals surface area contributed by atoms with Gasteiger partial charge in [0.1, 0.15) is 183 Å². The molecule has 44 heteroatoms. The Labute approximate surface area is 808 Å². The highest BCUT2D eigenvalue weighted by molar-refractivity contribution is 5.76. The molecule has 8 aliphatic heterocycles. The van der Waals surface area contributed by atoms with Crippen molar-refractivity contribution in [2.45, 2.75) is 505 Å². The van der Waals surface area contributed by atoms with Gasteiger partial charge in [0.2, 0.25) is 17.7 Å². The largest absolute Gasteiger partial charge is 0.394 e. The van der Waals surface area contributed by atoms with Crippen molar-refractivity contribution in [2.24, 2.45) is 0 Å². The molecule has 0 aromatic rings. The molecule has 8 rings (SSSR count). The Morgan fingerprint density at radius 2 is 0.587 bits per heavy atom. The van der Waals surface area contributed by atoms with Crippen molar-refractivity contribution in [1.29, 1.82) is 0 Å². The summed E-state index contributed by atoms with van der Waals surface area (Å²) >= 11 is 0. The molecule has 25 N–H and O–H groups in total. The van der Waals surface area contributed by atoms with Crippen LogP contribution in [-0.2, 0) is 90.2 Å². The topological polar surface area (TPSA) is 680 Å². The van der Waals surface area contributed by atoms with Crippen molar-refractivity contribution in [3.05, 3.63) is 24.3 Å². The third-order valence-corrected chi connectivity index (χ3v) is 27.0. The standard InChI is InChI=1S/C94H167N3O41/c1-7-9-11-13-15-17-19-21-22-23-24-25-26-27-28-30-32-34-36-38-40-42-62(107)97-54(55(106)41-39-37-35-33-31-29-20-18-16-14-12-10-8-2)49-123-89-77(120)73(116)80(59(46-101)131-89)132-93-78(121)85(68(111)57(44-99)127-93)137-88-64(96-53(6)105)84(136-91-75(118)71(114)66(109)51(4)125-91)82(61(48-103)130-88)134-94-79(122)86(69(112)58(45-100)128-94)138-87-63(95-52(5)104)83(135-90-74(117)70(113)65(108)50(3)124-90)81(60(47-102)129-87)133-92-76(119)72(115)67(110)56(43-98)126-92/h21-22,39,41,50-51,54-61,63-94,98-103,106,108-122H,7-20,23-38,40,42-49H2,1-6H3,(H,95,104)(H,96,105)(H,97,107)/b22-21-,41-39+/t50?,51?,54-,55+,56?,57?,58?,59?,60?,61?,63?,64?,65+,66+,67-,68-,69-,70?,71?,72-,73+,74-,75-,76?,77?,78?,79?,80+,81+,82+,83+,84+,85-,86-,87-,88-,89+,90+,91+,92-,93-,94-/m0/s1. The van der Waals surface area contributed by atoms with Crippen LogP contribution in [0.15, 0.2) is 24.3 Å². The molecule has 8 heterocycles. The Morgan fingerprint density at radius 3 is 0.964 bits per heavy atom. The molecule has 16 unspecified atom stereocenters. The normalized spacial score (nSPS) is 39.2. The maximum Gasteiger partial charge on any atom is 0.220 e. The number of hydrogen-bond acceptors (Lipinski definition) is 41. The van der Waals surface area contributed by atoms with Crippen molar-refractivity contribution in [1.82, 2.24) is 16.0 Å². The van der Waals surface area contributed by atoms with Crippen LogP contribution in [0.2, 0.25) is 0 Å². The lowest BCUT2D eigenvalue weighted by Crippen LogP contribution is -2.72. The summed E-state index contributed by atoms with van der Waals surface area (Å²) in [5.74, 6) is -2.29. The van der Waals surface area contributed by atoms with Crippen LogP contribution >= 0.6 is 0 Å². The number of rotatable bonds is 61. The Hall–Kier alpha value is -3.63. The number of aliphatic hydroxyl groups excluding tert-OH is 22. The summed E-state index contributed by atoms with van der Waals surface area (Å²) < 4.78 is 97.8. The molecule has 0 bridgehead atoms. The second-order valence-corrected chi connectivity index (χ2v) is 38.0. The maximum absolute atomic E-state index is 13.7. The molecule has 8 aliphatic rings. The van der Waals surface area contributed by atoms with Gasteiger partial charge in [-0.1, -0.05) is 192 Å². The summed E-state index contributed by atoms with van der Waals surface area (Å²) in [6, 6.07) is -5.08. The minimum Gasteiger partial charge on any atom is -0.394 e. The van der Waals surface area contributed by atoms with E-state index in [1.165, 1.54) is 136 Å². The highest BCUT2D eigenvalue weighted by atomic mass is 16.8. The molecule has 0 aliphatic carbocycles. The fourth-order valence-corrected chi connectivity index (χ4v) is 18.7. The molecule has 8 fully saturated rings. The molecule has 0 spiro atoms. The smallest absolute Gasteiger partial charge is 0.220 e. The predicted octanol–water partition coefficient (Wildman–Crippen LogP) is -2.60. The van der Waals surface area contributed by atoms with Gasteiger partial charge in [0.25, 0.3) is 0 Å². The van der Waals surface area contributed by atoms with Crippen LogP contribution in [0, 0.1) is 0 Å². The van der Waals surface area contributed by atoms with Crippen LogP contribution in [0.4, 0.5) is 0 Å². The van der Waals surface area contributed by atoms with Crippen LogP contribution in [0.5, 0.6) is 0 Å². The minimum absolute atomic E-state index is 0.138. The van der Waals surface area contributed by atoms with E-state index in [4.69, 9.17) is 75.8 Å². The first kappa shape index (κ1) is 120. The van der Waals surface area contributed by atoms with Crippen molar-refractivity contribution in [3.63, 3.8) is 0 Å². The number of aliphatic hydroxyl groups is 22. The van der Waals surface area contributed by atoms with E-state index in [2.05, 4.69) is 41.9 Å². The zero-order chi connectivity index (χ0) is 101. The molecule has 0 saturated carbocycles. The van der Waals surface area contributed by atoms with E-state index in [0.717, 1.165) is 78.1 Å². The van der Waals surface area contributed by atoms with Crippen molar-refractivity contribution in [3.8, 4) is 0 Å². The van der Waals surface area contributed by atoms with E-state index in [1.807, 2.05) is 6.08 Å². The molecule has 44 nitrogen and oxygen atoms in total. The molecule has 0 radical (unpaired) electrons. The molecular formula is C94H167N3O41. The summed E-state index contributed by atoms with van der Waals surface area (Å²) in [7, 11) is 0. The predicted molar refractivity (Wildman–Crippen MR) is 484 cm³/mol. The van der Waals surface area contributed by atoms with Gasteiger partial charge in [-0.15, -0.1) is 0 Å². The highest BCUT2D eigenvalue weighted by Crippen LogP contribution is 2.41. The monoisotopic (exact) mass is 1990 g/mol. The lowest BCUT2D eigenvalue weighted by atomic mass is 9.93. The van der Waals surface area contributed by atoms with Gasteiger partial charge in [0.15, 0.2) is 50.3 Å². The van der Waals surface area contributed by atoms with E-state index in [-0.39, 0.29) is 12.3 Å². The fraction of sp³-hybridized carbons (Fsp3) is 0.926. The summed E-state index contributed by atoms with van der Waals surface area (Å²) in [5.41, 5.74) is 0. The number of allylic oxidation sites excluding steroid dienone is 3. The number of nitrogens with one attached hydrogen (secondary N) is 3. The summed E-state index contributed by atoms with van der Waals surface area (Å²) in [6.07, 6.45) is -34.3. The molecule has 8 saturated heterocycles. The Morgan fingerprint density at radius 1 is 0.297 bits per heavy atom. The Bertz CT molecular complexity index is 3390. The number of carbonyl (C=O) groups is 3. The van der Waals surface area contributed by atoms with Gasteiger partial charge in [-0.05, 0) is 58.8 Å². The van der Waals surface area contributed by atoms with Gasteiger partial charge >= 0.3 is 0 Å². The molecular weight excluding hydrogens is 1830 g/mol. The third kappa shape index (κ3) is 35.0. The van der Waals surface area contributed by atoms with Gasteiger partial charge in [-0.2, -0.15) is 0 Å². The van der Waals surface area contributed by atoms with E-state index >= 15 is 0 Å². The quantitative estimate of drug-likeness (QED) is 0.0219. The fourth-order valence-electron chi connectivity index (χ4n) is 18.7. The van der Waals surface area contributed by atoms with Crippen molar-refractivity contribution < 1.29 is 203 Å². The molecule has 0 aromatic carbocycles. The van der Waals surface area contributed by atoms with Gasteiger partial charge < -0.3 is 204 Å². The van der Waals surface area contributed by atoms with E-state index < -0.39 is 316 Å². The SMILES string of the molecule is CCCCCCCC/C=C\CCCCCCCCCCCCCC(=O)N[C@@H](CO[C@@H]1OC(CO)[C@@H](O[C@@H]2OC(CO)[C@H](O)[C@H](O[C@@H]3OC(CO)[C@@H](O[C@@H]4OC(CO)[C@H](O)[C@H](O[C@@H]5OC(CO)[C@@H](O[C@@H]6OC(CO)[C@H](O)[C@H](O)C6O)[C@H](O[C@H]6OC(C)[C@@H](O)C(O)[C@@H]6O)C5NC(C)=O)C4O)[C@H](O[C@H]4OC(C)[C@@H](O)C(O)[C@@H]4O)C3NC(C)=O)C2O)[C@H](O)C1O)[C@H](O)/C=C/CCCCCCCCCCCCC. The van der Waals surface area contributed by atoms with Gasteiger partial charge in [0, 0.05) is 20.3 Å². The van der Waals surface area contributed by atoms with Crippen LogP contribution in [0.1, 0.15) is 247 Å². The van der Waals surface area contributed by atoms with E-state index in [1.54, 1.807) is 6.08 Å². The van der Waals surface area contributed by atoms with Crippen LogP contribution in [-0.4, -0.2) is 434 Å². The lowest BCUT2D eigenvalue weighted by Gasteiger charge is -2.52. The third-order valence-electron chi connectivity index (χ3n) is 27.0. The van der Waals surface area contributed by atoms with Crippen molar-refractivity contribution >= 4 is 17.7 Å². The zero-order valence-electron chi connectivity index (χ0n) is 80.7. The molecule has 42 atom stereocenters. The first-order chi connectivity index (χ1) is 66.2. The van der Waals surface area contributed by atoms with Gasteiger partial charge in [0.05, 0.1) is 70.6 Å². The number of amides is 3. The lowest BCUT2D eigenvalue weighted by molar-refractivity contribution is -0.400. The van der Waals surface area contributed by atoms with Crippen LogP contribution < -0.4 is 16.0 Å². The first-order valence-electron chi connectivity index (χ1n) is 50.4. The maximum atomic E-state index is 13.7. The minimum atomic E-state index is -2.45. The number of ether oxygens (including phenoxy) is 16. The van der Waals surface area contributed by atoms with Gasteiger partial charge in [-0.3, -0.25) is 14.4 Å². The van der Waals surface area contributed by atoms with Crippen LogP contribution in [0.3, 0.4) is 0 Å². The summed E-state index contributed by atoms with van der Waals surface area (Å²) in [5, 5.41) is 257. The van der Waals surface area contributed by atoms with E-state index in [9.17, 15) is 127 Å². The average molecular weight is 2000 g/mol. The van der Waals surface area contributed by atoms with Gasteiger partial charge in [-0.25, -0.2) is 0 Å². The number of unbranched alkanes of at least 4 members (excludes halogenated alkanes) is 28. The highest BCUT2D eigenvalue weighted by Gasteiger charge is 2.62. The van der Waals surface area contributed by atoms with E-state index in [0.29, 0.717) is 12.8 Å². The number of hydrogen-bond donors (Lipinski definition) is 25. The van der Waals surface area contributed by atoms with Crippen LogP contribution in [0.25, 0.3) is 0 Å². The molecule has 138 heavy (non-hydrogen) atoms. The Kier molecular flexibility index (Phi) is 54.2. The molecule has 804 valence electrons. The second kappa shape index (κ2) is 62.5.